The van der Waals surface area contributed by atoms with E-state index in [0.717, 1.165) is 0 Å². The SMILES string of the molecule is CC(=O)c1c(O)cccc1OC[14CH](O)COc1cccc(O)c1C(C)=O. The van der Waals surface area contributed by atoms with E-state index in [2.05, 4.69) is 0 Å². The molecule has 0 unspecified atom stereocenters. The molecule has 7 nitrogen and oxygen atoms in total. The average molecular weight is 362 g/mol. The van der Waals surface area contributed by atoms with Gasteiger partial charge in [0.2, 0.25) is 0 Å². The predicted octanol–water partition coefficient (Wildman–Crippen LogP) is 2.32. The Kier molecular flexibility index (Phi) is 6.19. The van der Waals surface area contributed by atoms with Crippen molar-refractivity contribution in [3.05, 3.63) is 47.5 Å². The van der Waals surface area contributed by atoms with E-state index in [0.29, 0.717) is 0 Å². The number of ketones is 2. The third kappa shape index (κ3) is 4.52. The minimum Gasteiger partial charge on any atom is -0.507 e. The van der Waals surface area contributed by atoms with Gasteiger partial charge in [-0.1, -0.05) is 12.1 Å². The number of ether oxygens (including phenoxy) is 2. The maximum absolute atomic E-state index is 11.6. The Labute approximate surface area is 150 Å². The first-order chi connectivity index (χ1) is 12.3. The Balaban J connectivity index is 2.00. The van der Waals surface area contributed by atoms with E-state index in [4.69, 9.17) is 9.47 Å². The fourth-order valence-electron chi connectivity index (χ4n) is 2.41. The minimum absolute atomic E-state index is 0.0347. The Bertz CT molecular complexity index is 746. The number of carbonyl (C=O) groups is 2. The first-order valence-corrected chi connectivity index (χ1v) is 7.90. The second-order valence-electron chi connectivity index (χ2n) is 5.69. The molecule has 0 aromatic heterocycles. The van der Waals surface area contributed by atoms with Crippen LogP contribution in [-0.2, 0) is 0 Å². The summed E-state index contributed by atoms with van der Waals surface area (Å²) in [4.78, 5) is 23.2. The number of phenols is 2. The van der Waals surface area contributed by atoms with E-state index < -0.39 is 6.10 Å². The number of aromatic hydroxyl groups is 2. The summed E-state index contributed by atoms with van der Waals surface area (Å²) in [5, 5.41) is 29.5. The van der Waals surface area contributed by atoms with Gasteiger partial charge >= 0.3 is 0 Å². The van der Waals surface area contributed by atoms with E-state index in [1.807, 2.05) is 0 Å². The van der Waals surface area contributed by atoms with Crippen LogP contribution in [0.25, 0.3) is 0 Å². The highest BCUT2D eigenvalue weighted by Crippen LogP contribution is 2.29. The van der Waals surface area contributed by atoms with Crippen molar-refractivity contribution in [3.63, 3.8) is 0 Å². The zero-order valence-corrected chi connectivity index (χ0v) is 14.4. The van der Waals surface area contributed by atoms with Gasteiger partial charge in [0.15, 0.2) is 11.6 Å². The summed E-state index contributed by atoms with van der Waals surface area (Å²) in [5.41, 5.74) is 0.0694. The fraction of sp³-hybridized carbons (Fsp3) is 0.263. The lowest BCUT2D eigenvalue weighted by atomic mass is 10.1. The van der Waals surface area contributed by atoms with Crippen molar-refractivity contribution in [2.24, 2.45) is 0 Å². The van der Waals surface area contributed by atoms with Crippen LogP contribution < -0.4 is 9.47 Å². The van der Waals surface area contributed by atoms with Gasteiger partial charge in [-0.25, -0.2) is 0 Å². The molecular formula is C19H20O7. The number of Topliss-reactive ketones (excluding diaryl/α,β-unsaturated/α-hetero) is 2. The monoisotopic (exact) mass is 362 g/mol. The zero-order chi connectivity index (χ0) is 19.3. The van der Waals surface area contributed by atoms with Crippen LogP contribution in [0.4, 0.5) is 0 Å². The summed E-state index contributed by atoms with van der Waals surface area (Å²) in [7, 11) is 0. The van der Waals surface area contributed by atoms with Crippen LogP contribution in [0.5, 0.6) is 23.0 Å². The first kappa shape index (κ1) is 19.3. The summed E-state index contributed by atoms with van der Waals surface area (Å²) in [6.07, 6.45) is -1.07. The average Bonchev–Trinajstić information content (AvgIpc) is 2.57. The maximum atomic E-state index is 11.6. The number of hydrogen-bond acceptors (Lipinski definition) is 7. The number of carbonyl (C=O) groups excluding carboxylic acids is 2. The smallest absolute Gasteiger partial charge is 0.167 e. The number of aliphatic hydroxyl groups is 1. The predicted molar refractivity (Wildman–Crippen MR) is 93.2 cm³/mol. The zero-order valence-electron chi connectivity index (χ0n) is 14.4. The Hall–Kier alpha value is -3.06. The number of benzene rings is 2. The van der Waals surface area contributed by atoms with Crippen molar-refractivity contribution in [1.82, 2.24) is 0 Å². The molecule has 2 aromatic carbocycles. The number of hydrogen-bond donors (Lipinski definition) is 3. The molecule has 26 heavy (non-hydrogen) atoms. The summed E-state index contributed by atoms with van der Waals surface area (Å²) < 4.78 is 10.8. The Morgan fingerprint density at radius 2 is 1.23 bits per heavy atom. The molecule has 138 valence electrons. The van der Waals surface area contributed by atoms with Gasteiger partial charge in [0.25, 0.3) is 0 Å². The van der Waals surface area contributed by atoms with Crippen LogP contribution in [0.1, 0.15) is 34.6 Å². The molecule has 7 heteroatoms. The van der Waals surface area contributed by atoms with Crippen molar-refractivity contribution in [2.75, 3.05) is 13.2 Å². The number of aliphatic hydroxyl groups excluding tert-OH is 1. The lowest BCUT2D eigenvalue weighted by Gasteiger charge is -2.16. The van der Waals surface area contributed by atoms with Crippen LogP contribution in [0.3, 0.4) is 0 Å². The molecule has 0 fully saturated rings. The topological polar surface area (TPSA) is 113 Å². The first-order valence-electron chi connectivity index (χ1n) is 7.90. The van der Waals surface area contributed by atoms with Crippen molar-refractivity contribution >= 4 is 11.6 Å². The van der Waals surface area contributed by atoms with Gasteiger partial charge in [-0.15, -0.1) is 0 Å². The summed E-state index contributed by atoms with van der Waals surface area (Å²) in [5.74, 6) is -0.834. The minimum atomic E-state index is -1.07. The van der Waals surface area contributed by atoms with Gasteiger partial charge in [-0.2, -0.15) is 0 Å². The molecule has 3 N–H and O–H groups in total. The van der Waals surface area contributed by atoms with Crippen molar-refractivity contribution in [1.29, 1.82) is 0 Å². The quantitative estimate of drug-likeness (QED) is 0.618. The molecule has 0 atom stereocenters. The molecule has 0 bridgehead atoms. The van der Waals surface area contributed by atoms with E-state index in [1.54, 1.807) is 0 Å². The van der Waals surface area contributed by atoms with Crippen LogP contribution in [0, 0.1) is 0 Å². The highest BCUT2D eigenvalue weighted by Gasteiger charge is 2.17. The number of phenolic OH excluding ortho intramolecular Hbond substituents is 2. The van der Waals surface area contributed by atoms with Crippen LogP contribution in [0.15, 0.2) is 36.4 Å². The van der Waals surface area contributed by atoms with Crippen molar-refractivity contribution in [3.8, 4) is 23.0 Å². The molecule has 0 heterocycles. The third-order valence-electron chi connectivity index (χ3n) is 3.58. The third-order valence-corrected chi connectivity index (χ3v) is 3.58. The summed E-state index contributed by atoms with van der Waals surface area (Å²) >= 11 is 0. The molecule has 2 aromatic rings. The second-order valence-corrected chi connectivity index (χ2v) is 5.69. The van der Waals surface area contributed by atoms with Crippen LogP contribution >= 0.6 is 0 Å². The van der Waals surface area contributed by atoms with Gasteiger partial charge in [0.05, 0.1) is 0 Å². The van der Waals surface area contributed by atoms with Crippen LogP contribution in [-0.4, -0.2) is 46.2 Å². The second kappa shape index (κ2) is 8.35. The molecule has 0 amide bonds. The van der Waals surface area contributed by atoms with Gasteiger partial charge < -0.3 is 24.8 Å². The highest BCUT2D eigenvalue weighted by molar-refractivity contribution is 6.00. The molecule has 0 radical (unpaired) electrons. The Morgan fingerprint density at radius 1 is 0.846 bits per heavy atom. The normalized spacial score (nSPS) is 10.6. The van der Waals surface area contributed by atoms with E-state index in [9.17, 15) is 24.9 Å². The molecule has 2 rings (SSSR count). The van der Waals surface area contributed by atoms with E-state index in [1.165, 1.54) is 50.2 Å². The van der Waals surface area contributed by atoms with Gasteiger partial charge in [-0.05, 0) is 38.1 Å². The molecule has 0 aliphatic carbocycles. The largest absolute Gasteiger partial charge is 0.507 e. The molecule has 0 spiro atoms. The van der Waals surface area contributed by atoms with Crippen molar-refractivity contribution < 1.29 is 34.4 Å². The summed E-state index contributed by atoms with van der Waals surface area (Å²) in [6, 6.07) is 8.79. The highest BCUT2D eigenvalue weighted by atomic mass is 16.6. The molecular weight excluding hydrogens is 342 g/mol. The Morgan fingerprint density at radius 3 is 1.58 bits per heavy atom. The van der Waals surface area contributed by atoms with Gasteiger partial charge in [0, 0.05) is 0 Å². The molecule has 0 saturated carbocycles. The lowest BCUT2D eigenvalue weighted by Crippen LogP contribution is -2.25. The van der Waals surface area contributed by atoms with Crippen LogP contribution in [0.2, 0.25) is 0 Å². The van der Waals surface area contributed by atoms with E-state index >= 15 is 0 Å². The lowest BCUT2D eigenvalue weighted by molar-refractivity contribution is 0.0613. The molecule has 0 saturated heterocycles. The van der Waals surface area contributed by atoms with Gasteiger partial charge in [0.1, 0.15) is 53.4 Å². The van der Waals surface area contributed by atoms with Gasteiger partial charge in [-0.3, -0.25) is 9.59 Å². The standard InChI is InChI=1S/C19H20O7/c1-11(20)18-14(23)5-3-7-16(18)25-9-13(22)10-26-17-8-4-6-15(24)19(17)12(2)21/h3-8,13,22-24H,9-10H2,1-2H3/i13+2. The van der Waals surface area contributed by atoms with E-state index in [-0.39, 0.29) is 58.9 Å². The molecule has 0 aliphatic heterocycles. The van der Waals surface area contributed by atoms with Crippen molar-refractivity contribution in [2.45, 2.75) is 20.0 Å². The molecule has 0 aliphatic rings. The summed E-state index contributed by atoms with van der Waals surface area (Å²) in [6.45, 7) is 2.20. The fourth-order valence-corrected chi connectivity index (χ4v) is 2.41. The maximum Gasteiger partial charge on any atom is 0.167 e. The number of rotatable bonds is 8.